The third kappa shape index (κ3) is 7.83. The molecule has 3 aromatic carbocycles. The van der Waals surface area contributed by atoms with Crippen LogP contribution in [-0.4, -0.2) is 35.4 Å². The highest BCUT2D eigenvalue weighted by atomic mass is 79.9. The summed E-state index contributed by atoms with van der Waals surface area (Å²) in [4.78, 5) is 29.1. The van der Waals surface area contributed by atoms with Gasteiger partial charge in [0.05, 0.1) is 5.02 Å². The zero-order valence-electron chi connectivity index (χ0n) is 21.0. The van der Waals surface area contributed by atoms with E-state index in [9.17, 15) is 9.59 Å². The molecule has 0 radical (unpaired) electrons. The number of nitrogens with one attached hydrogen (secondary N) is 1. The highest BCUT2D eigenvalue weighted by molar-refractivity contribution is 9.10. The maximum Gasteiger partial charge on any atom is 0.261 e. The van der Waals surface area contributed by atoms with E-state index in [0.29, 0.717) is 23.7 Å². The van der Waals surface area contributed by atoms with Crippen molar-refractivity contribution < 1.29 is 14.3 Å². The van der Waals surface area contributed by atoms with E-state index in [-0.39, 0.29) is 24.5 Å². The first kappa shape index (κ1) is 27.2. The zero-order chi connectivity index (χ0) is 26.2. The summed E-state index contributed by atoms with van der Waals surface area (Å²) in [6.07, 6.45) is 4.58. The number of carbonyl (C=O) groups excluding carboxylic acids is 2. The van der Waals surface area contributed by atoms with Crippen LogP contribution in [0.25, 0.3) is 0 Å². The molecule has 0 aromatic heterocycles. The Kier molecular flexibility index (Phi) is 9.64. The van der Waals surface area contributed by atoms with Crippen LogP contribution >= 0.6 is 27.5 Å². The molecule has 1 fully saturated rings. The smallest absolute Gasteiger partial charge is 0.261 e. The van der Waals surface area contributed by atoms with Gasteiger partial charge >= 0.3 is 0 Å². The standard InChI is InChI=1S/C30H32BrClN2O3/c1-21-8-7-11-23(16-21)19-34(29(35)20-37-28-15-14-24(31)18-26(28)32)27(17-22-9-3-2-4-10-22)30(36)33-25-12-5-6-13-25/h2-4,7-11,14-16,18,25,27H,5-6,12-13,17,19-20H2,1H3,(H,33,36)/t27-/m0/s1. The summed E-state index contributed by atoms with van der Waals surface area (Å²) in [6, 6.07) is 22.6. The first-order valence-electron chi connectivity index (χ1n) is 12.7. The van der Waals surface area contributed by atoms with Gasteiger partial charge in [0.15, 0.2) is 6.61 Å². The molecule has 0 spiro atoms. The van der Waals surface area contributed by atoms with Gasteiger partial charge in [0.2, 0.25) is 5.91 Å². The molecule has 4 rings (SSSR count). The lowest BCUT2D eigenvalue weighted by Gasteiger charge is -2.32. The van der Waals surface area contributed by atoms with Crippen molar-refractivity contribution in [3.05, 3.63) is 99.0 Å². The summed E-state index contributed by atoms with van der Waals surface area (Å²) < 4.78 is 6.66. The average Bonchev–Trinajstić information content (AvgIpc) is 3.39. The predicted octanol–water partition coefficient (Wildman–Crippen LogP) is 6.49. The van der Waals surface area contributed by atoms with E-state index in [1.165, 1.54) is 0 Å². The molecule has 3 aromatic rings. The first-order chi connectivity index (χ1) is 17.9. The molecule has 5 nitrogen and oxygen atoms in total. The summed E-state index contributed by atoms with van der Waals surface area (Å²) in [5.41, 5.74) is 3.05. The van der Waals surface area contributed by atoms with Crippen LogP contribution in [0.2, 0.25) is 5.02 Å². The second kappa shape index (κ2) is 13.1. The van der Waals surface area contributed by atoms with Gasteiger partial charge in [-0.2, -0.15) is 0 Å². The summed E-state index contributed by atoms with van der Waals surface area (Å²) in [5.74, 6) is 0.0187. The number of rotatable bonds is 10. The van der Waals surface area contributed by atoms with Gasteiger partial charge in [0.1, 0.15) is 11.8 Å². The molecule has 194 valence electrons. The van der Waals surface area contributed by atoms with Crippen LogP contribution in [0.5, 0.6) is 5.75 Å². The topological polar surface area (TPSA) is 58.6 Å². The van der Waals surface area contributed by atoms with Crippen molar-refractivity contribution in [2.24, 2.45) is 0 Å². The zero-order valence-corrected chi connectivity index (χ0v) is 23.3. The molecule has 0 saturated heterocycles. The molecule has 1 aliphatic carbocycles. The second-order valence-electron chi connectivity index (χ2n) is 9.57. The summed E-state index contributed by atoms with van der Waals surface area (Å²) in [7, 11) is 0. The van der Waals surface area contributed by atoms with Gasteiger partial charge in [-0.1, -0.05) is 101 Å². The average molecular weight is 584 g/mol. The van der Waals surface area contributed by atoms with E-state index >= 15 is 0 Å². The van der Waals surface area contributed by atoms with Gasteiger partial charge in [-0.25, -0.2) is 0 Å². The Morgan fingerprint density at radius 3 is 2.46 bits per heavy atom. The molecule has 1 saturated carbocycles. The van der Waals surface area contributed by atoms with E-state index in [1.54, 1.807) is 17.0 Å². The van der Waals surface area contributed by atoms with E-state index < -0.39 is 6.04 Å². The Morgan fingerprint density at radius 1 is 1.03 bits per heavy atom. The lowest BCUT2D eigenvalue weighted by Crippen LogP contribution is -2.53. The minimum absolute atomic E-state index is 0.126. The summed E-state index contributed by atoms with van der Waals surface area (Å²) in [5, 5.41) is 3.63. The molecular formula is C30H32BrClN2O3. The van der Waals surface area contributed by atoms with E-state index in [0.717, 1.165) is 46.8 Å². The number of hydrogen-bond donors (Lipinski definition) is 1. The number of carbonyl (C=O) groups is 2. The predicted molar refractivity (Wildman–Crippen MR) is 151 cm³/mol. The maximum atomic E-state index is 13.7. The van der Waals surface area contributed by atoms with Crippen molar-refractivity contribution in [2.45, 2.75) is 57.7 Å². The van der Waals surface area contributed by atoms with E-state index in [4.69, 9.17) is 16.3 Å². The highest BCUT2D eigenvalue weighted by Crippen LogP contribution is 2.28. The molecule has 1 aliphatic rings. The van der Waals surface area contributed by atoms with Gasteiger partial charge in [-0.05, 0) is 49.1 Å². The van der Waals surface area contributed by atoms with Gasteiger partial charge in [-0.15, -0.1) is 0 Å². The molecule has 0 unspecified atom stereocenters. The van der Waals surface area contributed by atoms with Crippen LogP contribution in [0.15, 0.2) is 77.3 Å². The van der Waals surface area contributed by atoms with Crippen LogP contribution in [0, 0.1) is 6.92 Å². The first-order valence-corrected chi connectivity index (χ1v) is 13.8. The Bertz CT molecular complexity index is 1210. The van der Waals surface area contributed by atoms with Crippen LogP contribution in [0.4, 0.5) is 0 Å². The maximum absolute atomic E-state index is 13.7. The molecular weight excluding hydrogens is 552 g/mol. The molecule has 0 heterocycles. The number of hydrogen-bond acceptors (Lipinski definition) is 3. The van der Waals surface area contributed by atoms with Crippen molar-refractivity contribution in [3.8, 4) is 5.75 Å². The third-order valence-electron chi connectivity index (χ3n) is 6.65. The molecule has 37 heavy (non-hydrogen) atoms. The number of amides is 2. The van der Waals surface area contributed by atoms with Gasteiger partial charge < -0.3 is 15.0 Å². The number of aryl methyl sites for hydroxylation is 1. The van der Waals surface area contributed by atoms with Crippen LogP contribution < -0.4 is 10.1 Å². The minimum Gasteiger partial charge on any atom is -0.482 e. The monoisotopic (exact) mass is 582 g/mol. The fraction of sp³-hybridized carbons (Fsp3) is 0.333. The van der Waals surface area contributed by atoms with Crippen LogP contribution in [0.3, 0.4) is 0 Å². The Hall–Kier alpha value is -2.83. The van der Waals surface area contributed by atoms with E-state index in [2.05, 4.69) is 21.2 Å². The minimum atomic E-state index is -0.681. The van der Waals surface area contributed by atoms with Crippen molar-refractivity contribution >= 4 is 39.3 Å². The summed E-state index contributed by atoms with van der Waals surface area (Å²) >= 11 is 9.70. The molecule has 2 amide bonds. The highest BCUT2D eigenvalue weighted by Gasteiger charge is 2.32. The van der Waals surface area contributed by atoms with Crippen molar-refractivity contribution in [3.63, 3.8) is 0 Å². The fourth-order valence-corrected chi connectivity index (χ4v) is 5.47. The van der Waals surface area contributed by atoms with Gasteiger partial charge in [0, 0.05) is 23.5 Å². The Balaban J connectivity index is 1.62. The Labute approximate surface area is 232 Å². The molecule has 0 aliphatic heterocycles. The van der Waals surface area contributed by atoms with Crippen LogP contribution in [-0.2, 0) is 22.6 Å². The molecule has 1 atom stereocenters. The van der Waals surface area contributed by atoms with Crippen molar-refractivity contribution in [1.82, 2.24) is 10.2 Å². The fourth-order valence-electron chi connectivity index (χ4n) is 4.74. The number of nitrogens with zero attached hydrogens (tertiary/aromatic N) is 1. The van der Waals surface area contributed by atoms with Crippen molar-refractivity contribution in [2.75, 3.05) is 6.61 Å². The Morgan fingerprint density at radius 2 is 1.76 bits per heavy atom. The number of benzene rings is 3. The SMILES string of the molecule is Cc1cccc(CN(C(=O)COc2ccc(Br)cc2Cl)[C@@H](Cc2ccccc2)C(=O)NC2CCCC2)c1. The van der Waals surface area contributed by atoms with Gasteiger partial charge in [0.25, 0.3) is 5.91 Å². The second-order valence-corrected chi connectivity index (χ2v) is 10.9. The lowest BCUT2D eigenvalue weighted by molar-refractivity contribution is -0.143. The molecule has 1 N–H and O–H groups in total. The lowest BCUT2D eigenvalue weighted by atomic mass is 10.0. The molecule has 7 heteroatoms. The quantitative estimate of drug-likeness (QED) is 0.297. The van der Waals surface area contributed by atoms with Crippen molar-refractivity contribution in [1.29, 1.82) is 0 Å². The number of ether oxygens (including phenoxy) is 1. The molecule has 0 bridgehead atoms. The van der Waals surface area contributed by atoms with Gasteiger partial charge in [-0.3, -0.25) is 9.59 Å². The normalized spacial score (nSPS) is 14.2. The third-order valence-corrected chi connectivity index (χ3v) is 7.44. The largest absolute Gasteiger partial charge is 0.482 e. The number of halogens is 2. The van der Waals surface area contributed by atoms with E-state index in [1.807, 2.05) is 67.6 Å². The summed E-state index contributed by atoms with van der Waals surface area (Å²) in [6.45, 7) is 2.09. The van der Waals surface area contributed by atoms with Crippen LogP contribution in [0.1, 0.15) is 42.4 Å².